The Bertz CT molecular complexity index is 3490. The Morgan fingerprint density at radius 3 is 1.64 bits per heavy atom. The molecule has 0 aliphatic heterocycles. The molecule has 0 spiro atoms. The van der Waals surface area contributed by atoms with Crippen molar-refractivity contribution in [2.45, 2.75) is 0 Å². The highest BCUT2D eigenvalue weighted by molar-refractivity contribution is 6.13. The molecule has 5 heteroatoms. The maximum Gasteiger partial charge on any atom is 0.180 e. The fourth-order valence-electron chi connectivity index (χ4n) is 8.67. The summed E-state index contributed by atoms with van der Waals surface area (Å²) in [6, 6.07) is 63.1. The Kier molecular flexibility index (Phi) is 6.27. The Morgan fingerprint density at radius 2 is 0.927 bits per heavy atom. The summed E-state index contributed by atoms with van der Waals surface area (Å²) in [4.78, 5) is 9.21. The fourth-order valence-corrected chi connectivity index (χ4v) is 8.67. The van der Waals surface area contributed by atoms with Gasteiger partial charge in [-0.05, 0) is 94.7 Å². The molecule has 12 rings (SSSR count). The molecule has 4 heterocycles. The van der Waals surface area contributed by atoms with Crippen LogP contribution in [0, 0.1) is 0 Å². The number of hydrogen-bond donors (Lipinski definition) is 0. The standard InChI is InChI=1S/C50H30N4O/c1-2-10-33-27-37(24-17-31(33)9-1)54-44-15-7-4-12-39(44)42-29-35(21-26-46(42)54)34-20-25-45-41(28-34)38-11-3-6-14-43(38)53(45)36-22-18-32(19-23-36)48-50-49(52-30-51-48)40-13-5-8-16-47(40)55-50/h1-30H. The average Bonchev–Trinajstić information content (AvgIpc) is 3.91. The number of para-hydroxylation sites is 3. The first-order valence-electron chi connectivity index (χ1n) is 18.6. The predicted molar refractivity (Wildman–Crippen MR) is 226 cm³/mol. The van der Waals surface area contributed by atoms with Crippen LogP contribution < -0.4 is 0 Å². The van der Waals surface area contributed by atoms with Crippen LogP contribution in [0.2, 0.25) is 0 Å². The molecule has 0 saturated heterocycles. The third-order valence-electron chi connectivity index (χ3n) is 11.2. The van der Waals surface area contributed by atoms with Crippen molar-refractivity contribution in [1.82, 2.24) is 19.1 Å². The summed E-state index contributed by atoms with van der Waals surface area (Å²) in [5.41, 5.74) is 13.5. The molecule has 8 aromatic carbocycles. The van der Waals surface area contributed by atoms with Gasteiger partial charge in [-0.25, -0.2) is 9.97 Å². The SMILES string of the molecule is c1ccc2cc(-n3c4ccccc4c4cc(-c5ccc6c(c5)c5ccccc5n6-c5ccc(-c6ncnc7c6oc6ccccc67)cc5)ccc43)ccc2c1. The van der Waals surface area contributed by atoms with Crippen molar-refractivity contribution >= 4 is 76.5 Å². The van der Waals surface area contributed by atoms with E-state index in [1.54, 1.807) is 6.33 Å². The van der Waals surface area contributed by atoms with E-state index in [2.05, 4.69) is 171 Å². The molecule has 0 radical (unpaired) electrons. The second-order valence-electron chi connectivity index (χ2n) is 14.2. The minimum Gasteiger partial charge on any atom is -0.452 e. The van der Waals surface area contributed by atoms with Crippen LogP contribution in [0.3, 0.4) is 0 Å². The van der Waals surface area contributed by atoms with E-state index in [9.17, 15) is 0 Å². The zero-order chi connectivity index (χ0) is 36.0. The first kappa shape index (κ1) is 30.0. The fraction of sp³-hybridized carbons (Fsp3) is 0. The van der Waals surface area contributed by atoms with Crippen molar-refractivity contribution in [1.29, 1.82) is 0 Å². The first-order chi connectivity index (χ1) is 27.3. The lowest BCUT2D eigenvalue weighted by Crippen LogP contribution is -1.94. The number of benzene rings is 8. The van der Waals surface area contributed by atoms with Gasteiger partial charge in [0, 0.05) is 43.9 Å². The van der Waals surface area contributed by atoms with Crippen LogP contribution in [-0.2, 0) is 0 Å². The third kappa shape index (κ3) is 4.47. The molecule has 0 aliphatic carbocycles. The minimum atomic E-state index is 0.706. The summed E-state index contributed by atoms with van der Waals surface area (Å²) >= 11 is 0. The van der Waals surface area contributed by atoms with Crippen LogP contribution in [0.5, 0.6) is 0 Å². The molecule has 4 aromatic heterocycles. The summed E-state index contributed by atoms with van der Waals surface area (Å²) in [7, 11) is 0. The van der Waals surface area contributed by atoms with Crippen molar-refractivity contribution in [3.63, 3.8) is 0 Å². The van der Waals surface area contributed by atoms with Crippen LogP contribution in [-0.4, -0.2) is 19.1 Å². The van der Waals surface area contributed by atoms with Gasteiger partial charge in [0.25, 0.3) is 0 Å². The zero-order valence-electron chi connectivity index (χ0n) is 29.5. The van der Waals surface area contributed by atoms with Crippen molar-refractivity contribution in [2.24, 2.45) is 0 Å². The molecule has 0 fully saturated rings. The lowest BCUT2D eigenvalue weighted by molar-refractivity contribution is 0.667. The Labute approximate surface area is 315 Å². The molecule has 12 aromatic rings. The minimum absolute atomic E-state index is 0.706. The normalized spacial score (nSPS) is 12.0. The quantitative estimate of drug-likeness (QED) is 0.183. The van der Waals surface area contributed by atoms with Gasteiger partial charge < -0.3 is 13.6 Å². The molecular weight excluding hydrogens is 673 g/mol. The summed E-state index contributed by atoms with van der Waals surface area (Å²) in [6.07, 6.45) is 1.62. The van der Waals surface area contributed by atoms with Crippen LogP contribution in [0.4, 0.5) is 0 Å². The van der Waals surface area contributed by atoms with Crippen LogP contribution in [0.1, 0.15) is 0 Å². The van der Waals surface area contributed by atoms with E-state index >= 15 is 0 Å². The number of hydrogen-bond acceptors (Lipinski definition) is 3. The van der Waals surface area contributed by atoms with E-state index in [1.807, 2.05) is 24.3 Å². The summed E-state index contributed by atoms with van der Waals surface area (Å²) in [5, 5.41) is 8.41. The summed E-state index contributed by atoms with van der Waals surface area (Å²) < 4.78 is 11.0. The van der Waals surface area contributed by atoms with Gasteiger partial charge in [-0.3, -0.25) is 0 Å². The van der Waals surface area contributed by atoms with E-state index in [4.69, 9.17) is 4.42 Å². The molecule has 0 bridgehead atoms. The lowest BCUT2D eigenvalue weighted by Gasteiger charge is -2.10. The topological polar surface area (TPSA) is 48.8 Å². The Balaban J connectivity index is 0.973. The van der Waals surface area contributed by atoms with Crippen LogP contribution >= 0.6 is 0 Å². The van der Waals surface area contributed by atoms with E-state index < -0.39 is 0 Å². The van der Waals surface area contributed by atoms with Gasteiger partial charge in [-0.15, -0.1) is 0 Å². The second kappa shape index (κ2) is 11.5. The van der Waals surface area contributed by atoms with Gasteiger partial charge >= 0.3 is 0 Å². The van der Waals surface area contributed by atoms with Crippen LogP contribution in [0.25, 0.3) is 110 Å². The molecule has 0 atom stereocenters. The number of aromatic nitrogens is 4. The van der Waals surface area contributed by atoms with Crippen molar-refractivity contribution in [3.05, 3.63) is 182 Å². The maximum atomic E-state index is 6.25. The van der Waals surface area contributed by atoms with Gasteiger partial charge in [-0.2, -0.15) is 0 Å². The average molecular weight is 703 g/mol. The van der Waals surface area contributed by atoms with E-state index in [0.29, 0.717) is 5.58 Å². The monoisotopic (exact) mass is 702 g/mol. The summed E-state index contributed by atoms with van der Waals surface area (Å²) in [5.74, 6) is 0. The number of fused-ring (bicyclic) bond motifs is 10. The molecular formula is C50H30N4O. The van der Waals surface area contributed by atoms with E-state index in [-0.39, 0.29) is 0 Å². The predicted octanol–water partition coefficient (Wildman–Crippen LogP) is 13.1. The Morgan fingerprint density at radius 1 is 0.382 bits per heavy atom. The molecule has 0 aliphatic rings. The van der Waals surface area contributed by atoms with Gasteiger partial charge in [0.1, 0.15) is 23.1 Å². The number of nitrogens with zero attached hydrogens (tertiary/aromatic N) is 4. The molecule has 0 unspecified atom stereocenters. The number of furan rings is 1. The maximum absolute atomic E-state index is 6.25. The smallest absolute Gasteiger partial charge is 0.180 e. The second-order valence-corrected chi connectivity index (χ2v) is 14.2. The van der Waals surface area contributed by atoms with Gasteiger partial charge in [0.05, 0.1) is 22.1 Å². The zero-order valence-corrected chi connectivity index (χ0v) is 29.5. The number of rotatable bonds is 4. The highest BCUT2D eigenvalue weighted by Gasteiger charge is 2.18. The van der Waals surface area contributed by atoms with Gasteiger partial charge in [-0.1, -0.05) is 103 Å². The first-order valence-corrected chi connectivity index (χ1v) is 18.6. The van der Waals surface area contributed by atoms with Gasteiger partial charge in [0.2, 0.25) is 0 Å². The largest absolute Gasteiger partial charge is 0.452 e. The molecule has 0 N–H and O–H groups in total. The highest BCUT2D eigenvalue weighted by atomic mass is 16.3. The highest BCUT2D eigenvalue weighted by Crippen LogP contribution is 2.39. The van der Waals surface area contributed by atoms with Gasteiger partial charge in [0.15, 0.2) is 5.58 Å². The molecule has 0 amide bonds. The molecule has 55 heavy (non-hydrogen) atoms. The van der Waals surface area contributed by atoms with E-state index in [0.717, 1.165) is 44.5 Å². The lowest BCUT2D eigenvalue weighted by atomic mass is 10.0. The van der Waals surface area contributed by atoms with Crippen LogP contribution in [0.15, 0.2) is 187 Å². The molecule has 0 saturated carbocycles. The van der Waals surface area contributed by atoms with Crippen molar-refractivity contribution in [3.8, 4) is 33.8 Å². The molecule has 256 valence electrons. The van der Waals surface area contributed by atoms with Crippen molar-refractivity contribution in [2.75, 3.05) is 0 Å². The van der Waals surface area contributed by atoms with E-state index in [1.165, 1.54) is 60.2 Å². The third-order valence-corrected chi connectivity index (χ3v) is 11.2. The van der Waals surface area contributed by atoms with Crippen molar-refractivity contribution < 1.29 is 4.42 Å². The molecule has 5 nitrogen and oxygen atoms in total. The summed E-state index contributed by atoms with van der Waals surface area (Å²) in [6.45, 7) is 0. The Hall–Kier alpha value is -7.50.